The third kappa shape index (κ3) is 3.93. The van der Waals surface area contributed by atoms with Crippen LogP contribution in [-0.2, 0) is 6.42 Å². The number of nitrogens with one attached hydrogen (secondary N) is 2. The average molecular weight is 258 g/mol. The van der Waals surface area contributed by atoms with E-state index in [1.54, 1.807) is 19.4 Å². The molecule has 0 spiro atoms. The summed E-state index contributed by atoms with van der Waals surface area (Å²) >= 11 is 0. The summed E-state index contributed by atoms with van der Waals surface area (Å²) in [6, 6.07) is 9.97. The molecule has 0 amide bonds. The second-order valence-electron chi connectivity index (χ2n) is 4.25. The molecule has 2 aromatic rings. The number of anilines is 2. The zero-order valence-electron chi connectivity index (χ0n) is 10.9. The molecular weight excluding hydrogens is 240 g/mol. The van der Waals surface area contributed by atoms with Gasteiger partial charge in [-0.25, -0.2) is 4.98 Å². The quantitative estimate of drug-likeness (QED) is 0.733. The number of nitrogens with zero attached hydrogens (tertiary/aromatic N) is 2. The van der Waals surface area contributed by atoms with E-state index in [1.165, 1.54) is 5.56 Å². The van der Waals surface area contributed by atoms with E-state index in [9.17, 15) is 5.11 Å². The SMILES string of the molecule is CNc1cncc(NC(CO)Cc2ccccc2)n1. The predicted molar refractivity (Wildman–Crippen MR) is 76.2 cm³/mol. The Morgan fingerprint density at radius 3 is 2.58 bits per heavy atom. The van der Waals surface area contributed by atoms with Gasteiger partial charge in [0.15, 0.2) is 0 Å². The van der Waals surface area contributed by atoms with E-state index in [0.29, 0.717) is 11.6 Å². The van der Waals surface area contributed by atoms with Gasteiger partial charge in [-0.2, -0.15) is 0 Å². The van der Waals surface area contributed by atoms with Crippen molar-refractivity contribution in [1.29, 1.82) is 0 Å². The van der Waals surface area contributed by atoms with Crippen molar-refractivity contribution < 1.29 is 5.11 Å². The highest BCUT2D eigenvalue weighted by molar-refractivity contribution is 5.42. The highest BCUT2D eigenvalue weighted by Gasteiger charge is 2.09. The number of rotatable bonds is 6. The Morgan fingerprint density at radius 1 is 1.16 bits per heavy atom. The van der Waals surface area contributed by atoms with Gasteiger partial charge in [-0.05, 0) is 12.0 Å². The standard InChI is InChI=1S/C14H18N4O/c1-15-13-8-16-9-14(18-13)17-12(10-19)7-11-5-3-2-4-6-11/h2-6,8-9,12,19H,7,10H2,1H3,(H2,15,17,18). The Hall–Kier alpha value is -2.14. The highest BCUT2D eigenvalue weighted by atomic mass is 16.3. The van der Waals surface area contributed by atoms with E-state index in [-0.39, 0.29) is 12.6 Å². The summed E-state index contributed by atoms with van der Waals surface area (Å²) in [5.74, 6) is 1.35. The van der Waals surface area contributed by atoms with Crippen molar-refractivity contribution in [2.45, 2.75) is 12.5 Å². The molecule has 0 fully saturated rings. The third-order valence-corrected chi connectivity index (χ3v) is 2.79. The molecule has 1 atom stereocenters. The Bertz CT molecular complexity index is 504. The predicted octanol–water partition coefficient (Wildman–Crippen LogP) is 1.53. The molecule has 2 rings (SSSR count). The summed E-state index contributed by atoms with van der Waals surface area (Å²) in [7, 11) is 1.79. The molecule has 0 saturated heterocycles. The van der Waals surface area contributed by atoms with Gasteiger partial charge in [-0.3, -0.25) is 4.98 Å². The van der Waals surface area contributed by atoms with Gasteiger partial charge in [0.25, 0.3) is 0 Å². The highest BCUT2D eigenvalue weighted by Crippen LogP contribution is 2.10. The Balaban J connectivity index is 2.02. The lowest BCUT2D eigenvalue weighted by atomic mass is 10.1. The Morgan fingerprint density at radius 2 is 1.89 bits per heavy atom. The maximum absolute atomic E-state index is 9.45. The van der Waals surface area contributed by atoms with Crippen LogP contribution in [0.15, 0.2) is 42.7 Å². The third-order valence-electron chi connectivity index (χ3n) is 2.79. The first kappa shape index (κ1) is 13.3. The lowest BCUT2D eigenvalue weighted by Crippen LogP contribution is -2.27. The normalized spacial score (nSPS) is 11.9. The fraction of sp³-hybridized carbons (Fsp3) is 0.286. The van der Waals surface area contributed by atoms with Crippen molar-refractivity contribution in [3.05, 3.63) is 48.3 Å². The molecule has 0 aliphatic heterocycles. The summed E-state index contributed by atoms with van der Waals surface area (Å²) in [6.45, 7) is 0.0420. The lowest BCUT2D eigenvalue weighted by Gasteiger charge is -2.17. The van der Waals surface area contributed by atoms with Crippen LogP contribution < -0.4 is 10.6 Å². The molecular formula is C14H18N4O. The van der Waals surface area contributed by atoms with Crippen molar-refractivity contribution in [3.8, 4) is 0 Å². The van der Waals surface area contributed by atoms with Crippen LogP contribution in [0.1, 0.15) is 5.56 Å². The van der Waals surface area contributed by atoms with Crippen LogP contribution in [0.5, 0.6) is 0 Å². The lowest BCUT2D eigenvalue weighted by molar-refractivity contribution is 0.273. The zero-order valence-corrected chi connectivity index (χ0v) is 10.9. The fourth-order valence-corrected chi connectivity index (χ4v) is 1.82. The first-order valence-electron chi connectivity index (χ1n) is 6.23. The fourth-order valence-electron chi connectivity index (χ4n) is 1.82. The van der Waals surface area contributed by atoms with Crippen LogP contribution in [0, 0.1) is 0 Å². The molecule has 5 nitrogen and oxygen atoms in total. The number of aliphatic hydroxyl groups excluding tert-OH is 1. The molecule has 5 heteroatoms. The summed E-state index contributed by atoms with van der Waals surface area (Å²) < 4.78 is 0. The topological polar surface area (TPSA) is 70.1 Å². The maximum atomic E-state index is 9.45. The van der Waals surface area contributed by atoms with Crippen LogP contribution in [0.4, 0.5) is 11.6 Å². The van der Waals surface area contributed by atoms with Gasteiger partial charge >= 0.3 is 0 Å². The average Bonchev–Trinajstić information content (AvgIpc) is 2.48. The number of hydrogen-bond acceptors (Lipinski definition) is 5. The molecule has 100 valence electrons. The minimum absolute atomic E-state index is 0.0420. The second kappa shape index (κ2) is 6.70. The van der Waals surface area contributed by atoms with E-state index in [0.717, 1.165) is 6.42 Å². The number of benzene rings is 1. The number of aromatic nitrogens is 2. The molecule has 3 N–H and O–H groups in total. The summed E-state index contributed by atoms with van der Waals surface area (Å²) in [5.41, 5.74) is 1.17. The molecule has 1 aromatic heterocycles. The van der Waals surface area contributed by atoms with E-state index in [2.05, 4.69) is 20.6 Å². The molecule has 1 aromatic carbocycles. The van der Waals surface area contributed by atoms with Crippen molar-refractivity contribution in [1.82, 2.24) is 9.97 Å². The summed E-state index contributed by atoms with van der Waals surface area (Å²) in [5, 5.41) is 15.6. The molecule has 0 aliphatic carbocycles. The molecule has 1 unspecified atom stereocenters. The minimum atomic E-state index is -0.0798. The molecule has 1 heterocycles. The second-order valence-corrected chi connectivity index (χ2v) is 4.25. The molecule has 19 heavy (non-hydrogen) atoms. The van der Waals surface area contributed by atoms with Crippen LogP contribution in [0.2, 0.25) is 0 Å². The van der Waals surface area contributed by atoms with Gasteiger partial charge in [-0.15, -0.1) is 0 Å². The molecule has 0 radical (unpaired) electrons. The molecule has 0 saturated carbocycles. The Kier molecular flexibility index (Phi) is 4.69. The van der Waals surface area contributed by atoms with Gasteiger partial charge < -0.3 is 15.7 Å². The van der Waals surface area contributed by atoms with Crippen LogP contribution in [0.25, 0.3) is 0 Å². The first-order chi connectivity index (χ1) is 9.31. The van der Waals surface area contributed by atoms with Crippen molar-refractivity contribution >= 4 is 11.6 Å². The van der Waals surface area contributed by atoms with Gasteiger partial charge in [0, 0.05) is 7.05 Å². The molecule has 0 aliphatic rings. The van der Waals surface area contributed by atoms with E-state index >= 15 is 0 Å². The van der Waals surface area contributed by atoms with Gasteiger partial charge in [0.05, 0.1) is 25.0 Å². The number of aliphatic hydroxyl groups is 1. The van der Waals surface area contributed by atoms with E-state index < -0.39 is 0 Å². The Labute approximate surface area is 112 Å². The van der Waals surface area contributed by atoms with E-state index in [1.807, 2.05) is 30.3 Å². The van der Waals surface area contributed by atoms with E-state index in [4.69, 9.17) is 0 Å². The summed E-state index contributed by atoms with van der Waals surface area (Å²) in [6.07, 6.45) is 4.04. The van der Waals surface area contributed by atoms with Crippen LogP contribution in [0.3, 0.4) is 0 Å². The van der Waals surface area contributed by atoms with Crippen molar-refractivity contribution in [2.75, 3.05) is 24.3 Å². The zero-order chi connectivity index (χ0) is 13.5. The minimum Gasteiger partial charge on any atom is -0.394 e. The van der Waals surface area contributed by atoms with Gasteiger partial charge in [0.1, 0.15) is 11.6 Å². The first-order valence-corrected chi connectivity index (χ1v) is 6.23. The van der Waals surface area contributed by atoms with Gasteiger partial charge in [0.2, 0.25) is 0 Å². The van der Waals surface area contributed by atoms with Gasteiger partial charge in [-0.1, -0.05) is 30.3 Å². The maximum Gasteiger partial charge on any atom is 0.147 e. The molecule has 0 bridgehead atoms. The number of hydrogen-bond donors (Lipinski definition) is 3. The summed E-state index contributed by atoms with van der Waals surface area (Å²) in [4.78, 5) is 8.41. The van der Waals surface area contributed by atoms with Crippen molar-refractivity contribution in [2.24, 2.45) is 0 Å². The van der Waals surface area contributed by atoms with Crippen molar-refractivity contribution in [3.63, 3.8) is 0 Å². The van der Waals surface area contributed by atoms with Crippen LogP contribution in [-0.4, -0.2) is 34.8 Å². The largest absolute Gasteiger partial charge is 0.394 e. The smallest absolute Gasteiger partial charge is 0.147 e. The van der Waals surface area contributed by atoms with Crippen LogP contribution >= 0.6 is 0 Å². The monoisotopic (exact) mass is 258 g/mol.